The summed E-state index contributed by atoms with van der Waals surface area (Å²) < 4.78 is 51.0. The van der Waals surface area contributed by atoms with E-state index in [1.807, 2.05) is 31.2 Å². The molecule has 0 aliphatic carbocycles. The van der Waals surface area contributed by atoms with E-state index < -0.39 is 26.7 Å². The Bertz CT molecular complexity index is 922. The Morgan fingerprint density at radius 1 is 1.15 bits per heavy atom. The standard InChI is InChI=1S/C19H20FNO5S/c1-14-2-4-15(5-3-14)13-26-19(22)16-6-7-17(20)18(12-16)27(23,24)21-8-10-25-11-9-21/h2-7,12H,8-11,13H2,1H3. The highest BCUT2D eigenvalue weighted by Gasteiger charge is 2.30. The van der Waals surface area contributed by atoms with Crippen molar-refractivity contribution in [3.05, 3.63) is 65.0 Å². The topological polar surface area (TPSA) is 72.9 Å². The fraction of sp³-hybridized carbons (Fsp3) is 0.316. The summed E-state index contributed by atoms with van der Waals surface area (Å²) in [7, 11) is -4.05. The first-order valence-electron chi connectivity index (χ1n) is 8.48. The third-order valence-corrected chi connectivity index (χ3v) is 6.16. The van der Waals surface area contributed by atoms with Gasteiger partial charge in [-0.1, -0.05) is 29.8 Å². The molecule has 0 amide bonds. The zero-order valence-electron chi connectivity index (χ0n) is 14.9. The van der Waals surface area contributed by atoms with Gasteiger partial charge in [-0.05, 0) is 30.7 Å². The van der Waals surface area contributed by atoms with Crippen LogP contribution in [0, 0.1) is 12.7 Å². The van der Waals surface area contributed by atoms with Crippen LogP contribution >= 0.6 is 0 Å². The van der Waals surface area contributed by atoms with Gasteiger partial charge in [-0.3, -0.25) is 0 Å². The Kier molecular flexibility index (Phi) is 5.88. The summed E-state index contributed by atoms with van der Waals surface area (Å²) in [6.07, 6.45) is 0. The number of hydrogen-bond acceptors (Lipinski definition) is 5. The second-order valence-electron chi connectivity index (χ2n) is 6.22. The predicted molar refractivity (Wildman–Crippen MR) is 96.3 cm³/mol. The molecule has 0 radical (unpaired) electrons. The molecular weight excluding hydrogens is 373 g/mol. The summed E-state index contributed by atoms with van der Waals surface area (Å²) in [6, 6.07) is 10.7. The minimum atomic E-state index is -4.05. The Hall–Kier alpha value is -2.29. The smallest absolute Gasteiger partial charge is 0.338 e. The van der Waals surface area contributed by atoms with Crippen LogP contribution in [0.4, 0.5) is 4.39 Å². The first kappa shape index (κ1) is 19.5. The summed E-state index contributed by atoms with van der Waals surface area (Å²) in [5.41, 5.74) is 1.87. The number of hydrogen-bond donors (Lipinski definition) is 0. The average molecular weight is 393 g/mol. The minimum absolute atomic E-state index is 0.0182. The van der Waals surface area contributed by atoms with Crippen molar-refractivity contribution in [1.82, 2.24) is 4.31 Å². The van der Waals surface area contributed by atoms with Gasteiger partial charge in [0, 0.05) is 13.1 Å². The third kappa shape index (κ3) is 4.52. The van der Waals surface area contributed by atoms with Crippen LogP contribution in [0.2, 0.25) is 0 Å². The molecule has 1 aliphatic heterocycles. The third-order valence-electron chi connectivity index (χ3n) is 4.25. The molecule has 0 spiro atoms. The van der Waals surface area contributed by atoms with E-state index in [0.29, 0.717) is 0 Å². The molecule has 0 unspecified atom stereocenters. The van der Waals surface area contributed by atoms with Crippen LogP contribution in [0.5, 0.6) is 0 Å². The molecular formula is C19H20FNO5S. The van der Waals surface area contributed by atoms with E-state index in [2.05, 4.69) is 0 Å². The SMILES string of the molecule is Cc1ccc(COC(=O)c2ccc(F)c(S(=O)(=O)N3CCOCC3)c2)cc1. The molecule has 1 saturated heterocycles. The molecule has 0 atom stereocenters. The van der Waals surface area contributed by atoms with Gasteiger partial charge >= 0.3 is 5.97 Å². The van der Waals surface area contributed by atoms with E-state index in [9.17, 15) is 17.6 Å². The summed E-state index contributed by atoms with van der Waals surface area (Å²) in [4.78, 5) is 11.7. The Morgan fingerprint density at radius 3 is 2.48 bits per heavy atom. The molecule has 0 bridgehead atoms. The van der Waals surface area contributed by atoms with Crippen molar-refractivity contribution in [2.75, 3.05) is 26.3 Å². The lowest BCUT2D eigenvalue weighted by atomic mass is 10.2. The van der Waals surface area contributed by atoms with E-state index in [0.717, 1.165) is 27.6 Å². The molecule has 8 heteroatoms. The van der Waals surface area contributed by atoms with E-state index in [1.165, 1.54) is 6.07 Å². The highest BCUT2D eigenvalue weighted by atomic mass is 32.2. The molecule has 0 N–H and O–H groups in total. The lowest BCUT2D eigenvalue weighted by Gasteiger charge is -2.26. The maximum Gasteiger partial charge on any atom is 0.338 e. The lowest BCUT2D eigenvalue weighted by molar-refractivity contribution is 0.0472. The number of carbonyl (C=O) groups is 1. The van der Waals surface area contributed by atoms with Gasteiger partial charge in [0.1, 0.15) is 17.3 Å². The maximum atomic E-state index is 14.2. The van der Waals surface area contributed by atoms with Gasteiger partial charge in [0.2, 0.25) is 10.0 Å². The molecule has 2 aromatic rings. The fourth-order valence-electron chi connectivity index (χ4n) is 2.67. The van der Waals surface area contributed by atoms with Crippen molar-refractivity contribution >= 4 is 16.0 Å². The van der Waals surface area contributed by atoms with Crippen molar-refractivity contribution in [3.63, 3.8) is 0 Å². The van der Waals surface area contributed by atoms with Crippen molar-refractivity contribution in [2.24, 2.45) is 0 Å². The number of esters is 1. The normalized spacial score (nSPS) is 15.5. The number of ether oxygens (including phenoxy) is 2. The zero-order valence-corrected chi connectivity index (χ0v) is 15.7. The maximum absolute atomic E-state index is 14.2. The summed E-state index contributed by atoms with van der Waals surface area (Å²) >= 11 is 0. The minimum Gasteiger partial charge on any atom is -0.457 e. The number of sulfonamides is 1. The molecule has 27 heavy (non-hydrogen) atoms. The van der Waals surface area contributed by atoms with Gasteiger partial charge in [0.15, 0.2) is 0 Å². The number of aryl methyl sites for hydroxylation is 1. The second-order valence-corrected chi connectivity index (χ2v) is 8.13. The van der Waals surface area contributed by atoms with Gasteiger partial charge in [-0.2, -0.15) is 4.31 Å². The Labute approximate surface area is 157 Å². The predicted octanol–water partition coefficient (Wildman–Crippen LogP) is 2.51. The molecule has 1 aliphatic rings. The van der Waals surface area contributed by atoms with Crippen molar-refractivity contribution in [3.8, 4) is 0 Å². The van der Waals surface area contributed by atoms with Gasteiger partial charge < -0.3 is 9.47 Å². The Morgan fingerprint density at radius 2 is 1.81 bits per heavy atom. The van der Waals surface area contributed by atoms with Crippen molar-refractivity contribution in [1.29, 1.82) is 0 Å². The molecule has 0 saturated carbocycles. The van der Waals surface area contributed by atoms with Crippen LogP contribution in [0.25, 0.3) is 0 Å². The first-order valence-corrected chi connectivity index (χ1v) is 9.92. The van der Waals surface area contributed by atoms with Gasteiger partial charge in [0.25, 0.3) is 0 Å². The number of morpholine rings is 1. The molecule has 6 nitrogen and oxygen atoms in total. The summed E-state index contributed by atoms with van der Waals surface area (Å²) in [5, 5.41) is 0. The van der Waals surface area contributed by atoms with Crippen LogP contribution in [0.15, 0.2) is 47.4 Å². The van der Waals surface area contributed by atoms with Gasteiger partial charge in [-0.25, -0.2) is 17.6 Å². The molecule has 1 heterocycles. The molecule has 1 fully saturated rings. The van der Waals surface area contributed by atoms with E-state index in [4.69, 9.17) is 9.47 Å². The molecule has 2 aromatic carbocycles. The highest BCUT2D eigenvalue weighted by molar-refractivity contribution is 7.89. The second kappa shape index (κ2) is 8.16. The number of rotatable bonds is 5. The van der Waals surface area contributed by atoms with Crippen LogP contribution in [-0.2, 0) is 26.1 Å². The summed E-state index contributed by atoms with van der Waals surface area (Å²) in [5.74, 6) is -1.62. The van der Waals surface area contributed by atoms with Crippen molar-refractivity contribution < 1.29 is 27.1 Å². The van der Waals surface area contributed by atoms with E-state index in [-0.39, 0.29) is 38.5 Å². The van der Waals surface area contributed by atoms with Gasteiger partial charge in [-0.15, -0.1) is 0 Å². The average Bonchev–Trinajstić information content (AvgIpc) is 2.68. The first-order chi connectivity index (χ1) is 12.9. The lowest BCUT2D eigenvalue weighted by Crippen LogP contribution is -2.41. The van der Waals surface area contributed by atoms with Crippen LogP contribution in [0.1, 0.15) is 21.5 Å². The van der Waals surface area contributed by atoms with Crippen LogP contribution < -0.4 is 0 Å². The van der Waals surface area contributed by atoms with Crippen LogP contribution in [0.3, 0.4) is 0 Å². The van der Waals surface area contributed by atoms with E-state index >= 15 is 0 Å². The molecule has 0 aromatic heterocycles. The fourth-order valence-corrected chi connectivity index (χ4v) is 4.17. The van der Waals surface area contributed by atoms with Crippen LogP contribution in [-0.4, -0.2) is 45.0 Å². The monoisotopic (exact) mass is 393 g/mol. The van der Waals surface area contributed by atoms with Gasteiger partial charge in [0.05, 0.1) is 18.8 Å². The summed E-state index contributed by atoms with van der Waals surface area (Å²) in [6.45, 7) is 2.78. The number of halogens is 1. The number of benzene rings is 2. The Balaban J connectivity index is 1.77. The molecule has 3 rings (SSSR count). The zero-order chi connectivity index (χ0) is 19.4. The molecule has 144 valence electrons. The highest BCUT2D eigenvalue weighted by Crippen LogP contribution is 2.22. The largest absolute Gasteiger partial charge is 0.457 e. The number of carbonyl (C=O) groups excluding carboxylic acids is 1. The quantitative estimate of drug-likeness (QED) is 0.730. The van der Waals surface area contributed by atoms with E-state index in [1.54, 1.807) is 0 Å². The number of nitrogens with zero attached hydrogens (tertiary/aromatic N) is 1. The van der Waals surface area contributed by atoms with Crippen molar-refractivity contribution in [2.45, 2.75) is 18.4 Å².